The highest BCUT2D eigenvalue weighted by Crippen LogP contribution is 2.27. The lowest BCUT2D eigenvalue weighted by Gasteiger charge is -2.19. The lowest BCUT2D eigenvalue weighted by molar-refractivity contribution is -0.116. The maximum absolute atomic E-state index is 13.1. The van der Waals surface area contributed by atoms with Crippen molar-refractivity contribution < 1.29 is 4.79 Å². The Labute approximate surface area is 143 Å². The van der Waals surface area contributed by atoms with Gasteiger partial charge in [0.05, 0.1) is 5.92 Å². The molecule has 0 saturated carbocycles. The minimum absolute atomic E-state index is 0.00620. The van der Waals surface area contributed by atoms with Crippen LogP contribution in [0.4, 0.5) is 5.69 Å². The summed E-state index contributed by atoms with van der Waals surface area (Å²) in [4.78, 5) is 13.1. The third-order valence-corrected chi connectivity index (χ3v) is 4.18. The third-order valence-electron chi connectivity index (χ3n) is 4.18. The predicted molar refractivity (Wildman–Crippen MR) is 99.2 cm³/mol. The van der Waals surface area contributed by atoms with Crippen molar-refractivity contribution in [2.75, 3.05) is 5.32 Å². The highest BCUT2D eigenvalue weighted by Gasteiger charge is 2.23. The van der Waals surface area contributed by atoms with Crippen molar-refractivity contribution in [1.82, 2.24) is 0 Å². The molecule has 0 aliphatic rings. The first-order chi connectivity index (χ1) is 11.8. The fraction of sp³-hybridized carbons (Fsp3) is 0.136. The van der Waals surface area contributed by atoms with Crippen LogP contribution in [0.5, 0.6) is 0 Å². The number of carbonyl (C=O) groups excluding carboxylic acids is 1. The summed E-state index contributed by atoms with van der Waals surface area (Å²) in [5, 5.41) is 3.12. The summed E-state index contributed by atoms with van der Waals surface area (Å²) in [5.41, 5.74) is 4.03. The van der Waals surface area contributed by atoms with Crippen molar-refractivity contribution in [2.45, 2.75) is 19.3 Å². The van der Waals surface area contributed by atoms with Gasteiger partial charge in [0.15, 0.2) is 0 Å². The van der Waals surface area contributed by atoms with Crippen LogP contribution < -0.4 is 5.32 Å². The smallest absolute Gasteiger partial charge is 0.236 e. The number of hydrogen-bond acceptors (Lipinski definition) is 1. The molecule has 0 heterocycles. The van der Waals surface area contributed by atoms with E-state index in [1.165, 1.54) is 0 Å². The van der Waals surface area contributed by atoms with E-state index in [1.807, 2.05) is 78.9 Å². The van der Waals surface area contributed by atoms with E-state index in [0.717, 1.165) is 28.8 Å². The molecule has 0 aromatic heterocycles. The zero-order valence-corrected chi connectivity index (χ0v) is 13.8. The Morgan fingerprint density at radius 1 is 0.792 bits per heavy atom. The Morgan fingerprint density at radius 2 is 1.29 bits per heavy atom. The second-order valence-electron chi connectivity index (χ2n) is 5.75. The van der Waals surface area contributed by atoms with Gasteiger partial charge in [0.1, 0.15) is 0 Å². The summed E-state index contributed by atoms with van der Waals surface area (Å²) in [6, 6.07) is 27.8. The Hall–Kier alpha value is -2.87. The predicted octanol–water partition coefficient (Wildman–Crippen LogP) is 5.02. The summed E-state index contributed by atoms with van der Waals surface area (Å²) in [5.74, 6) is -0.328. The van der Waals surface area contributed by atoms with Gasteiger partial charge in [-0.3, -0.25) is 4.79 Å². The molecule has 0 spiro atoms. The summed E-state index contributed by atoms with van der Waals surface area (Å²) < 4.78 is 0. The first kappa shape index (κ1) is 16.0. The number of anilines is 1. The number of hydrogen-bond donors (Lipinski definition) is 1. The van der Waals surface area contributed by atoms with Crippen molar-refractivity contribution in [2.24, 2.45) is 0 Å². The molecule has 3 aromatic rings. The van der Waals surface area contributed by atoms with Gasteiger partial charge in [-0.05, 0) is 29.2 Å². The average molecular weight is 315 g/mol. The molecule has 0 aliphatic carbocycles. The normalized spacial score (nSPS) is 10.6. The number of nitrogens with one attached hydrogen (secondary N) is 1. The molecule has 0 saturated heterocycles. The topological polar surface area (TPSA) is 29.1 Å². The number of aryl methyl sites for hydroxylation is 1. The van der Waals surface area contributed by atoms with Crippen molar-refractivity contribution in [3.05, 3.63) is 102 Å². The second-order valence-corrected chi connectivity index (χ2v) is 5.75. The van der Waals surface area contributed by atoms with E-state index in [2.05, 4.69) is 18.3 Å². The van der Waals surface area contributed by atoms with Crippen LogP contribution in [-0.4, -0.2) is 5.91 Å². The molecule has 2 nitrogen and oxygen atoms in total. The van der Waals surface area contributed by atoms with Crippen LogP contribution in [0.2, 0.25) is 0 Å². The molecule has 1 N–H and O–H groups in total. The maximum atomic E-state index is 13.1. The van der Waals surface area contributed by atoms with E-state index in [4.69, 9.17) is 0 Å². The van der Waals surface area contributed by atoms with E-state index in [-0.39, 0.29) is 11.8 Å². The zero-order chi connectivity index (χ0) is 16.8. The number of amides is 1. The van der Waals surface area contributed by atoms with E-state index >= 15 is 0 Å². The van der Waals surface area contributed by atoms with Crippen molar-refractivity contribution in [1.29, 1.82) is 0 Å². The van der Waals surface area contributed by atoms with Crippen LogP contribution in [0.25, 0.3) is 0 Å². The van der Waals surface area contributed by atoms with E-state index in [1.54, 1.807) is 0 Å². The van der Waals surface area contributed by atoms with Crippen LogP contribution in [-0.2, 0) is 11.2 Å². The lowest BCUT2D eigenvalue weighted by Crippen LogP contribution is -2.22. The number of carbonyl (C=O) groups is 1. The molecule has 0 unspecified atom stereocenters. The molecule has 24 heavy (non-hydrogen) atoms. The van der Waals surface area contributed by atoms with E-state index in [9.17, 15) is 4.79 Å². The van der Waals surface area contributed by atoms with Gasteiger partial charge in [-0.25, -0.2) is 0 Å². The number of para-hydroxylation sites is 1. The van der Waals surface area contributed by atoms with E-state index in [0.29, 0.717) is 0 Å². The fourth-order valence-electron chi connectivity index (χ4n) is 2.94. The van der Waals surface area contributed by atoms with Gasteiger partial charge in [0.25, 0.3) is 0 Å². The molecule has 0 aliphatic heterocycles. The molecule has 1 amide bonds. The molecular weight excluding hydrogens is 294 g/mol. The number of rotatable bonds is 5. The minimum atomic E-state index is -0.322. The van der Waals surface area contributed by atoms with Gasteiger partial charge >= 0.3 is 0 Å². The Bertz CT molecular complexity index is 757. The van der Waals surface area contributed by atoms with Gasteiger partial charge in [0, 0.05) is 5.69 Å². The molecule has 3 rings (SSSR count). The van der Waals surface area contributed by atoms with Crippen LogP contribution >= 0.6 is 0 Å². The van der Waals surface area contributed by atoms with Gasteiger partial charge < -0.3 is 5.32 Å². The molecule has 0 fully saturated rings. The van der Waals surface area contributed by atoms with Crippen LogP contribution in [0.1, 0.15) is 29.5 Å². The van der Waals surface area contributed by atoms with Crippen molar-refractivity contribution in [3.63, 3.8) is 0 Å². The summed E-state index contributed by atoms with van der Waals surface area (Å²) >= 11 is 0. The highest BCUT2D eigenvalue weighted by molar-refractivity contribution is 5.98. The standard InChI is InChI=1S/C22H21NO/c1-2-17-11-9-10-16-20(17)23-22(24)21(18-12-5-3-6-13-18)19-14-7-4-8-15-19/h3-16,21H,2H2,1H3,(H,23,24). The van der Waals surface area contributed by atoms with Gasteiger partial charge in [-0.15, -0.1) is 0 Å². The first-order valence-corrected chi connectivity index (χ1v) is 8.28. The monoisotopic (exact) mass is 315 g/mol. The third kappa shape index (κ3) is 3.54. The summed E-state index contributed by atoms with van der Waals surface area (Å²) in [6.45, 7) is 2.09. The quantitative estimate of drug-likeness (QED) is 0.704. The Morgan fingerprint density at radius 3 is 1.83 bits per heavy atom. The first-order valence-electron chi connectivity index (χ1n) is 8.28. The molecule has 0 atom stereocenters. The highest BCUT2D eigenvalue weighted by atomic mass is 16.1. The zero-order valence-electron chi connectivity index (χ0n) is 13.8. The Balaban J connectivity index is 1.95. The van der Waals surface area contributed by atoms with Crippen LogP contribution in [0.15, 0.2) is 84.9 Å². The average Bonchev–Trinajstić information content (AvgIpc) is 2.64. The van der Waals surface area contributed by atoms with Crippen molar-refractivity contribution in [3.8, 4) is 0 Å². The molecule has 0 bridgehead atoms. The molecular formula is C22H21NO. The maximum Gasteiger partial charge on any atom is 0.236 e. The molecule has 120 valence electrons. The van der Waals surface area contributed by atoms with Crippen molar-refractivity contribution >= 4 is 11.6 Å². The molecule has 3 aromatic carbocycles. The van der Waals surface area contributed by atoms with Gasteiger partial charge in [-0.1, -0.05) is 85.8 Å². The van der Waals surface area contributed by atoms with E-state index < -0.39 is 0 Å². The van der Waals surface area contributed by atoms with Crippen LogP contribution in [0.3, 0.4) is 0 Å². The molecule has 2 heteroatoms. The Kier molecular flexibility index (Phi) is 5.07. The molecule has 0 radical (unpaired) electrons. The second kappa shape index (κ2) is 7.60. The van der Waals surface area contributed by atoms with Crippen LogP contribution in [0, 0.1) is 0 Å². The van der Waals surface area contributed by atoms with Gasteiger partial charge in [0.2, 0.25) is 5.91 Å². The number of benzene rings is 3. The largest absolute Gasteiger partial charge is 0.325 e. The summed E-state index contributed by atoms with van der Waals surface area (Å²) in [6.07, 6.45) is 0.887. The minimum Gasteiger partial charge on any atom is -0.325 e. The van der Waals surface area contributed by atoms with Gasteiger partial charge in [-0.2, -0.15) is 0 Å². The lowest BCUT2D eigenvalue weighted by atomic mass is 9.90. The fourth-order valence-corrected chi connectivity index (χ4v) is 2.94. The SMILES string of the molecule is CCc1ccccc1NC(=O)C(c1ccccc1)c1ccccc1. The summed E-state index contributed by atoms with van der Waals surface area (Å²) in [7, 11) is 0.